The molecule has 6 nitrogen and oxygen atoms in total. The number of benzene rings is 1. The first kappa shape index (κ1) is 14.2. The zero-order valence-corrected chi connectivity index (χ0v) is 11.4. The Labute approximate surface area is 116 Å². The second-order valence-corrected chi connectivity index (χ2v) is 5.83. The van der Waals surface area contributed by atoms with Gasteiger partial charge in [-0.25, -0.2) is 9.37 Å². The van der Waals surface area contributed by atoms with E-state index in [0.29, 0.717) is 5.69 Å². The number of anilines is 2. The highest BCUT2D eigenvalue weighted by Gasteiger charge is 2.25. The zero-order valence-electron chi connectivity index (χ0n) is 10.6. The van der Waals surface area contributed by atoms with Crippen molar-refractivity contribution < 1.29 is 12.8 Å². The fraction of sp³-hybridized carbons (Fsp3) is 0.0833. The predicted molar refractivity (Wildman–Crippen MR) is 74.0 cm³/mol. The Kier molecular flexibility index (Phi) is 3.86. The largest absolute Gasteiger partial charge is 0.321 e. The van der Waals surface area contributed by atoms with Gasteiger partial charge in [-0.2, -0.15) is 8.42 Å². The standard InChI is InChI=1S/C12H13FN4O2S/c1-17(10-6-4-9(13)5-7-10)20(18,19)12-11(16-14)3-2-8-15-12/h2-8,16H,14H2,1H3. The van der Waals surface area contributed by atoms with E-state index in [1.807, 2.05) is 0 Å². The monoisotopic (exact) mass is 296 g/mol. The molecule has 8 heteroatoms. The lowest BCUT2D eigenvalue weighted by atomic mass is 10.3. The van der Waals surface area contributed by atoms with Crippen LogP contribution in [0.2, 0.25) is 0 Å². The number of nitrogen functional groups attached to an aromatic ring is 1. The maximum Gasteiger partial charge on any atom is 0.283 e. The molecule has 0 unspecified atom stereocenters. The van der Waals surface area contributed by atoms with Gasteiger partial charge in [-0.1, -0.05) is 0 Å². The maximum absolute atomic E-state index is 12.9. The lowest BCUT2D eigenvalue weighted by molar-refractivity contribution is 0.590. The minimum Gasteiger partial charge on any atom is -0.321 e. The first-order valence-electron chi connectivity index (χ1n) is 5.63. The molecule has 1 aromatic carbocycles. The van der Waals surface area contributed by atoms with Crippen molar-refractivity contribution in [1.82, 2.24) is 4.98 Å². The van der Waals surface area contributed by atoms with Gasteiger partial charge in [0.05, 0.1) is 11.4 Å². The summed E-state index contributed by atoms with van der Waals surface area (Å²) in [5, 5.41) is -0.200. The third kappa shape index (κ3) is 2.56. The molecule has 0 fully saturated rings. The molecule has 0 bridgehead atoms. The predicted octanol–water partition coefficient (Wildman–Crippen LogP) is 1.33. The maximum atomic E-state index is 12.9. The number of nitrogens with zero attached hydrogens (tertiary/aromatic N) is 2. The van der Waals surface area contributed by atoms with Crippen LogP contribution in [0, 0.1) is 5.82 Å². The second-order valence-electron chi connectivity index (χ2n) is 3.95. The Morgan fingerprint density at radius 2 is 1.90 bits per heavy atom. The van der Waals surface area contributed by atoms with Gasteiger partial charge in [-0.3, -0.25) is 10.1 Å². The van der Waals surface area contributed by atoms with Gasteiger partial charge in [0.2, 0.25) is 5.03 Å². The summed E-state index contributed by atoms with van der Waals surface area (Å²) in [7, 11) is -2.53. The van der Waals surface area contributed by atoms with Crippen molar-refractivity contribution >= 4 is 21.4 Å². The molecule has 0 atom stereocenters. The van der Waals surface area contributed by atoms with E-state index in [2.05, 4.69) is 10.4 Å². The number of hydrogen-bond donors (Lipinski definition) is 2. The molecular weight excluding hydrogens is 283 g/mol. The van der Waals surface area contributed by atoms with Crippen molar-refractivity contribution in [3.05, 3.63) is 48.4 Å². The molecule has 3 N–H and O–H groups in total. The Morgan fingerprint density at radius 1 is 1.25 bits per heavy atom. The van der Waals surface area contributed by atoms with Gasteiger partial charge in [-0.15, -0.1) is 0 Å². The van der Waals surface area contributed by atoms with Crippen LogP contribution in [0.1, 0.15) is 0 Å². The van der Waals surface area contributed by atoms with E-state index < -0.39 is 15.8 Å². The molecular formula is C12H13FN4O2S. The summed E-state index contributed by atoms with van der Waals surface area (Å²) in [6, 6.07) is 8.16. The molecule has 0 saturated heterocycles. The number of hydrazine groups is 1. The minimum atomic E-state index is -3.89. The minimum absolute atomic E-state index is 0.182. The van der Waals surface area contributed by atoms with Gasteiger partial charge >= 0.3 is 0 Å². The third-order valence-electron chi connectivity index (χ3n) is 2.72. The lowest BCUT2D eigenvalue weighted by Crippen LogP contribution is -2.28. The Morgan fingerprint density at radius 3 is 2.50 bits per heavy atom. The van der Waals surface area contributed by atoms with E-state index in [0.717, 1.165) is 4.31 Å². The molecule has 0 radical (unpaired) electrons. The van der Waals surface area contributed by atoms with Crippen molar-refractivity contribution in [2.24, 2.45) is 5.84 Å². The molecule has 0 aliphatic rings. The zero-order chi connectivity index (χ0) is 14.8. The van der Waals surface area contributed by atoms with Crippen LogP contribution in [0.25, 0.3) is 0 Å². The average molecular weight is 296 g/mol. The summed E-state index contributed by atoms with van der Waals surface area (Å²) >= 11 is 0. The van der Waals surface area contributed by atoms with Crippen LogP contribution in [-0.4, -0.2) is 20.4 Å². The first-order valence-corrected chi connectivity index (χ1v) is 7.07. The van der Waals surface area contributed by atoms with Crippen LogP contribution < -0.4 is 15.6 Å². The fourth-order valence-electron chi connectivity index (χ4n) is 1.63. The second kappa shape index (κ2) is 5.43. The molecule has 106 valence electrons. The van der Waals surface area contributed by atoms with Crippen molar-refractivity contribution in [1.29, 1.82) is 0 Å². The average Bonchev–Trinajstić information content (AvgIpc) is 2.47. The quantitative estimate of drug-likeness (QED) is 0.656. The molecule has 1 aromatic heterocycles. The third-order valence-corrected chi connectivity index (χ3v) is 4.47. The van der Waals surface area contributed by atoms with Crippen LogP contribution in [0.4, 0.5) is 15.8 Å². The van der Waals surface area contributed by atoms with E-state index >= 15 is 0 Å². The van der Waals surface area contributed by atoms with E-state index in [1.54, 1.807) is 6.07 Å². The molecule has 2 rings (SSSR count). The molecule has 20 heavy (non-hydrogen) atoms. The smallest absolute Gasteiger partial charge is 0.283 e. The molecule has 0 amide bonds. The SMILES string of the molecule is CN(c1ccc(F)cc1)S(=O)(=O)c1ncccc1NN. The van der Waals surface area contributed by atoms with Crippen molar-refractivity contribution in [3.63, 3.8) is 0 Å². The van der Waals surface area contributed by atoms with Crippen LogP contribution in [0.15, 0.2) is 47.6 Å². The number of aromatic nitrogens is 1. The van der Waals surface area contributed by atoms with E-state index in [1.165, 1.54) is 43.6 Å². The number of sulfonamides is 1. The first-order chi connectivity index (χ1) is 9.46. The summed E-state index contributed by atoms with van der Waals surface area (Å²) in [6.07, 6.45) is 1.35. The molecule has 0 aliphatic heterocycles. The van der Waals surface area contributed by atoms with Crippen LogP contribution in [-0.2, 0) is 10.0 Å². The summed E-state index contributed by atoms with van der Waals surface area (Å²) in [5.41, 5.74) is 2.79. The number of nitrogens with two attached hydrogens (primary N) is 1. The van der Waals surface area contributed by atoms with Gasteiger partial charge in [0.25, 0.3) is 10.0 Å². The topological polar surface area (TPSA) is 88.3 Å². The van der Waals surface area contributed by atoms with E-state index in [-0.39, 0.29) is 10.7 Å². The Balaban J connectivity index is 2.46. The molecule has 2 aromatic rings. The highest BCUT2D eigenvalue weighted by Crippen LogP contribution is 2.25. The van der Waals surface area contributed by atoms with Gasteiger partial charge < -0.3 is 5.43 Å². The Bertz CT molecular complexity index is 704. The number of pyridine rings is 1. The van der Waals surface area contributed by atoms with Crippen molar-refractivity contribution in [3.8, 4) is 0 Å². The van der Waals surface area contributed by atoms with Crippen molar-refractivity contribution in [2.45, 2.75) is 5.03 Å². The lowest BCUT2D eigenvalue weighted by Gasteiger charge is -2.20. The van der Waals surface area contributed by atoms with Gasteiger partial charge in [0.15, 0.2) is 0 Å². The van der Waals surface area contributed by atoms with Crippen LogP contribution in [0.5, 0.6) is 0 Å². The van der Waals surface area contributed by atoms with Gasteiger partial charge in [0, 0.05) is 13.2 Å². The molecule has 0 aliphatic carbocycles. The van der Waals surface area contributed by atoms with Gasteiger partial charge in [0.1, 0.15) is 5.82 Å². The van der Waals surface area contributed by atoms with E-state index in [4.69, 9.17) is 5.84 Å². The van der Waals surface area contributed by atoms with Crippen LogP contribution >= 0.6 is 0 Å². The molecule has 0 spiro atoms. The van der Waals surface area contributed by atoms with Crippen LogP contribution in [0.3, 0.4) is 0 Å². The number of rotatable bonds is 4. The normalized spacial score (nSPS) is 11.2. The summed E-state index contributed by atoms with van der Waals surface area (Å²) in [5.74, 6) is 4.84. The number of hydrogen-bond acceptors (Lipinski definition) is 5. The highest BCUT2D eigenvalue weighted by molar-refractivity contribution is 7.92. The molecule has 0 saturated carbocycles. The summed E-state index contributed by atoms with van der Waals surface area (Å²) in [6.45, 7) is 0. The van der Waals surface area contributed by atoms with Gasteiger partial charge in [-0.05, 0) is 36.4 Å². The fourth-order valence-corrected chi connectivity index (χ4v) is 2.88. The summed E-state index contributed by atoms with van der Waals surface area (Å²) in [4.78, 5) is 3.84. The molecule has 1 heterocycles. The summed E-state index contributed by atoms with van der Waals surface area (Å²) < 4.78 is 38.8. The number of nitrogens with one attached hydrogen (secondary N) is 1. The van der Waals surface area contributed by atoms with Crippen molar-refractivity contribution in [2.75, 3.05) is 16.8 Å². The van der Waals surface area contributed by atoms with E-state index in [9.17, 15) is 12.8 Å². The highest BCUT2D eigenvalue weighted by atomic mass is 32.2. The Hall–Kier alpha value is -2.19. The number of halogens is 1.